The van der Waals surface area contributed by atoms with Crippen LogP contribution in [0.25, 0.3) is 10.6 Å². The van der Waals surface area contributed by atoms with Crippen LogP contribution in [0, 0.1) is 0 Å². The molecule has 4 nitrogen and oxygen atoms in total. The van der Waals surface area contributed by atoms with Crippen LogP contribution < -0.4 is 15.2 Å². The third kappa shape index (κ3) is 2.18. The highest BCUT2D eigenvalue weighted by Gasteiger charge is 2.14. The van der Waals surface area contributed by atoms with Gasteiger partial charge in [-0.05, 0) is 34.1 Å². The lowest BCUT2D eigenvalue weighted by atomic mass is 10.2. The SMILES string of the molecule is Nc1nc(-c2ccc3c(c2)OCCCO3)sc1Br. The number of aromatic nitrogens is 1. The first-order chi connectivity index (χ1) is 8.74. The highest BCUT2D eigenvalue weighted by molar-refractivity contribution is 9.11. The van der Waals surface area contributed by atoms with E-state index in [1.165, 1.54) is 11.3 Å². The van der Waals surface area contributed by atoms with Crippen molar-refractivity contribution >= 4 is 33.1 Å². The average molecular weight is 327 g/mol. The molecule has 2 N–H and O–H groups in total. The molecule has 2 aromatic rings. The number of anilines is 1. The monoisotopic (exact) mass is 326 g/mol. The van der Waals surface area contributed by atoms with Gasteiger partial charge in [-0.15, -0.1) is 11.3 Å². The van der Waals surface area contributed by atoms with Crippen molar-refractivity contribution in [2.45, 2.75) is 6.42 Å². The van der Waals surface area contributed by atoms with Crippen LogP contribution in [0.15, 0.2) is 22.0 Å². The van der Waals surface area contributed by atoms with E-state index < -0.39 is 0 Å². The van der Waals surface area contributed by atoms with Crippen molar-refractivity contribution in [1.29, 1.82) is 0 Å². The molecule has 0 radical (unpaired) electrons. The van der Waals surface area contributed by atoms with Crippen LogP contribution >= 0.6 is 27.3 Å². The summed E-state index contributed by atoms with van der Waals surface area (Å²) in [6.07, 6.45) is 0.903. The minimum Gasteiger partial charge on any atom is -0.490 e. The Kier molecular flexibility index (Phi) is 3.13. The molecule has 6 heteroatoms. The van der Waals surface area contributed by atoms with Gasteiger partial charge in [0.25, 0.3) is 0 Å². The summed E-state index contributed by atoms with van der Waals surface area (Å²) in [5.41, 5.74) is 6.72. The van der Waals surface area contributed by atoms with Crippen LogP contribution in [-0.2, 0) is 0 Å². The smallest absolute Gasteiger partial charge is 0.161 e. The number of ether oxygens (including phenoxy) is 2. The Morgan fingerprint density at radius 3 is 2.72 bits per heavy atom. The lowest BCUT2D eigenvalue weighted by molar-refractivity contribution is 0.297. The Hall–Kier alpha value is -1.27. The third-order valence-electron chi connectivity index (χ3n) is 2.60. The molecule has 18 heavy (non-hydrogen) atoms. The van der Waals surface area contributed by atoms with E-state index in [-0.39, 0.29) is 0 Å². The predicted molar refractivity (Wildman–Crippen MR) is 75.3 cm³/mol. The molecule has 0 saturated carbocycles. The van der Waals surface area contributed by atoms with Gasteiger partial charge in [0.2, 0.25) is 0 Å². The van der Waals surface area contributed by atoms with Gasteiger partial charge in [-0.25, -0.2) is 4.98 Å². The lowest BCUT2D eigenvalue weighted by Gasteiger charge is -2.07. The van der Waals surface area contributed by atoms with Gasteiger partial charge in [0.05, 0.1) is 13.2 Å². The van der Waals surface area contributed by atoms with E-state index in [0.29, 0.717) is 19.0 Å². The molecule has 1 aromatic carbocycles. The molecule has 0 spiro atoms. The number of fused-ring (bicyclic) bond motifs is 1. The molecule has 0 atom stereocenters. The minimum atomic E-state index is 0.516. The summed E-state index contributed by atoms with van der Waals surface area (Å²) in [4.78, 5) is 4.31. The van der Waals surface area contributed by atoms with Crippen molar-refractivity contribution in [1.82, 2.24) is 4.98 Å². The van der Waals surface area contributed by atoms with Gasteiger partial charge >= 0.3 is 0 Å². The van der Waals surface area contributed by atoms with Crippen molar-refractivity contribution < 1.29 is 9.47 Å². The summed E-state index contributed by atoms with van der Waals surface area (Å²) in [6, 6.07) is 5.84. The molecular weight excluding hydrogens is 316 g/mol. The van der Waals surface area contributed by atoms with Crippen molar-refractivity contribution in [3.63, 3.8) is 0 Å². The first-order valence-corrected chi connectivity index (χ1v) is 7.17. The molecule has 94 valence electrons. The highest BCUT2D eigenvalue weighted by Crippen LogP contribution is 2.38. The van der Waals surface area contributed by atoms with E-state index in [2.05, 4.69) is 20.9 Å². The molecule has 1 aliphatic heterocycles. The number of thiazole rings is 1. The van der Waals surface area contributed by atoms with E-state index in [9.17, 15) is 0 Å². The summed E-state index contributed by atoms with van der Waals surface area (Å²) in [5, 5.41) is 0.870. The molecule has 0 saturated heterocycles. The van der Waals surface area contributed by atoms with Crippen LogP contribution in [-0.4, -0.2) is 18.2 Å². The molecule has 0 unspecified atom stereocenters. The normalized spacial score (nSPS) is 14.3. The molecule has 0 amide bonds. The van der Waals surface area contributed by atoms with Crippen LogP contribution in [0.3, 0.4) is 0 Å². The fourth-order valence-electron chi connectivity index (χ4n) is 1.73. The zero-order chi connectivity index (χ0) is 12.5. The first-order valence-electron chi connectivity index (χ1n) is 5.56. The Morgan fingerprint density at radius 2 is 2.00 bits per heavy atom. The maximum Gasteiger partial charge on any atom is 0.161 e. The molecule has 3 rings (SSSR count). The van der Waals surface area contributed by atoms with Gasteiger partial charge in [0.15, 0.2) is 11.5 Å². The number of nitrogen functional groups attached to an aromatic ring is 1. The molecular formula is C12H11BrN2O2S. The third-order valence-corrected chi connectivity index (χ3v) is 4.40. The summed E-state index contributed by atoms with van der Waals surface area (Å²) in [7, 11) is 0. The number of halogens is 1. The number of nitrogens with two attached hydrogens (primary N) is 1. The fraction of sp³-hybridized carbons (Fsp3) is 0.250. The zero-order valence-electron chi connectivity index (χ0n) is 9.48. The topological polar surface area (TPSA) is 57.4 Å². The van der Waals surface area contributed by atoms with Crippen molar-refractivity contribution in [3.05, 3.63) is 22.0 Å². The molecule has 0 aliphatic carbocycles. The van der Waals surface area contributed by atoms with Gasteiger partial charge in [-0.1, -0.05) is 0 Å². The van der Waals surface area contributed by atoms with E-state index >= 15 is 0 Å². The maximum absolute atomic E-state index is 5.74. The lowest BCUT2D eigenvalue weighted by Crippen LogP contribution is -1.97. The second kappa shape index (κ2) is 4.78. The summed E-state index contributed by atoms with van der Waals surface area (Å²) < 4.78 is 12.1. The van der Waals surface area contributed by atoms with E-state index in [1.807, 2.05) is 18.2 Å². The molecule has 0 fully saturated rings. The largest absolute Gasteiger partial charge is 0.490 e. The van der Waals surface area contributed by atoms with Crippen LogP contribution in [0.1, 0.15) is 6.42 Å². The Labute approximate surface area is 117 Å². The molecule has 0 bridgehead atoms. The average Bonchev–Trinajstić information content (AvgIpc) is 2.60. The first kappa shape index (κ1) is 11.8. The summed E-state index contributed by atoms with van der Waals surface area (Å²) in [5.74, 6) is 2.08. The Bertz CT molecular complexity index is 566. The van der Waals surface area contributed by atoms with Gasteiger partial charge in [0.1, 0.15) is 14.6 Å². The zero-order valence-corrected chi connectivity index (χ0v) is 11.9. The summed E-state index contributed by atoms with van der Waals surface area (Å²) in [6.45, 7) is 1.38. The van der Waals surface area contributed by atoms with Crippen molar-refractivity contribution in [3.8, 4) is 22.1 Å². The molecule has 1 aliphatic rings. The number of hydrogen-bond acceptors (Lipinski definition) is 5. The summed E-state index contributed by atoms with van der Waals surface area (Å²) >= 11 is 4.88. The van der Waals surface area contributed by atoms with Gasteiger partial charge in [-0.3, -0.25) is 0 Å². The number of nitrogens with zero attached hydrogens (tertiary/aromatic N) is 1. The van der Waals surface area contributed by atoms with Gasteiger partial charge < -0.3 is 15.2 Å². The Balaban J connectivity index is 2.01. The van der Waals surface area contributed by atoms with E-state index in [0.717, 1.165) is 32.3 Å². The Morgan fingerprint density at radius 1 is 1.22 bits per heavy atom. The molecule has 2 heterocycles. The number of benzene rings is 1. The van der Waals surface area contributed by atoms with E-state index in [4.69, 9.17) is 15.2 Å². The van der Waals surface area contributed by atoms with Gasteiger partial charge in [0, 0.05) is 12.0 Å². The van der Waals surface area contributed by atoms with Crippen LogP contribution in [0.2, 0.25) is 0 Å². The second-order valence-corrected chi connectivity index (χ2v) is 6.21. The van der Waals surface area contributed by atoms with Crippen LogP contribution in [0.4, 0.5) is 5.82 Å². The second-order valence-electron chi connectivity index (χ2n) is 3.89. The molecule has 1 aromatic heterocycles. The van der Waals surface area contributed by atoms with E-state index in [1.54, 1.807) is 0 Å². The standard InChI is InChI=1S/C12H11BrN2O2S/c13-10-11(14)15-12(18-10)7-2-3-8-9(6-7)17-5-1-4-16-8/h2-3,6H,1,4-5,14H2. The van der Waals surface area contributed by atoms with Crippen molar-refractivity contribution in [2.24, 2.45) is 0 Å². The van der Waals surface area contributed by atoms with Gasteiger partial charge in [-0.2, -0.15) is 0 Å². The fourth-order valence-corrected chi connectivity index (χ4v) is 2.99. The van der Waals surface area contributed by atoms with Crippen LogP contribution in [0.5, 0.6) is 11.5 Å². The highest BCUT2D eigenvalue weighted by atomic mass is 79.9. The quantitative estimate of drug-likeness (QED) is 0.873. The minimum absolute atomic E-state index is 0.516. The number of rotatable bonds is 1. The van der Waals surface area contributed by atoms with Crippen molar-refractivity contribution in [2.75, 3.05) is 18.9 Å². The number of hydrogen-bond donors (Lipinski definition) is 1. The maximum atomic E-state index is 5.74. The predicted octanol–water partition coefficient (Wildman–Crippen LogP) is 3.32.